The van der Waals surface area contributed by atoms with E-state index in [9.17, 15) is 5.11 Å². The SMILES string of the molecule is CSc1c(Br)cccc1-c1cc(O)c2ccccc2c1Br. The van der Waals surface area contributed by atoms with Gasteiger partial charge in [0.2, 0.25) is 0 Å². The molecule has 3 aromatic rings. The summed E-state index contributed by atoms with van der Waals surface area (Å²) >= 11 is 8.99. The quantitative estimate of drug-likeness (QED) is 0.477. The summed E-state index contributed by atoms with van der Waals surface area (Å²) in [5.74, 6) is 0.302. The maximum absolute atomic E-state index is 10.3. The Labute approximate surface area is 144 Å². The van der Waals surface area contributed by atoms with Crippen LogP contribution in [0.4, 0.5) is 0 Å². The van der Waals surface area contributed by atoms with Crippen LogP contribution < -0.4 is 0 Å². The topological polar surface area (TPSA) is 20.2 Å². The van der Waals surface area contributed by atoms with Crippen LogP contribution in [0.1, 0.15) is 0 Å². The van der Waals surface area contributed by atoms with Gasteiger partial charge in [-0.05, 0) is 55.8 Å². The number of benzene rings is 3. The second kappa shape index (κ2) is 6.03. The number of thioether (sulfide) groups is 1. The number of hydrogen-bond donors (Lipinski definition) is 1. The summed E-state index contributed by atoms with van der Waals surface area (Å²) in [5.41, 5.74) is 2.10. The van der Waals surface area contributed by atoms with Crippen LogP contribution in [0.25, 0.3) is 21.9 Å². The first-order chi connectivity index (χ1) is 10.1. The van der Waals surface area contributed by atoms with Crippen molar-refractivity contribution < 1.29 is 5.11 Å². The molecule has 106 valence electrons. The Hall–Kier alpha value is -0.970. The lowest BCUT2D eigenvalue weighted by atomic mass is 10.0. The Morgan fingerprint density at radius 2 is 1.62 bits per heavy atom. The minimum atomic E-state index is 0.302. The van der Waals surface area contributed by atoms with Crippen molar-refractivity contribution >= 4 is 54.4 Å². The summed E-state index contributed by atoms with van der Waals surface area (Å²) < 4.78 is 2.07. The average Bonchev–Trinajstić information content (AvgIpc) is 2.51. The second-order valence-electron chi connectivity index (χ2n) is 4.62. The molecule has 0 radical (unpaired) electrons. The van der Waals surface area contributed by atoms with Gasteiger partial charge in [-0.15, -0.1) is 11.8 Å². The predicted octanol–water partition coefficient (Wildman–Crippen LogP) is 6.46. The van der Waals surface area contributed by atoms with Crippen molar-refractivity contribution in [2.45, 2.75) is 4.90 Å². The molecule has 0 aliphatic carbocycles. The standard InChI is InChI=1S/C17H12Br2OS/c1-21-17-12(7-4-8-14(17)18)13-9-15(20)10-5-2-3-6-11(10)16(13)19/h2-9,20H,1H3. The molecule has 0 saturated carbocycles. The number of halogens is 2. The van der Waals surface area contributed by atoms with Crippen LogP contribution in [0, 0.1) is 0 Å². The lowest BCUT2D eigenvalue weighted by Gasteiger charge is -2.14. The van der Waals surface area contributed by atoms with Gasteiger partial charge in [-0.1, -0.05) is 36.4 Å². The van der Waals surface area contributed by atoms with E-state index in [1.54, 1.807) is 11.8 Å². The summed E-state index contributed by atoms with van der Waals surface area (Å²) in [7, 11) is 0. The highest BCUT2D eigenvalue weighted by molar-refractivity contribution is 9.11. The molecular formula is C17H12Br2OS. The van der Waals surface area contributed by atoms with Crippen LogP contribution in [0.2, 0.25) is 0 Å². The fraction of sp³-hybridized carbons (Fsp3) is 0.0588. The predicted molar refractivity (Wildman–Crippen MR) is 98.2 cm³/mol. The molecule has 0 spiro atoms. The fourth-order valence-corrected chi connectivity index (χ4v) is 4.63. The molecule has 0 aliphatic rings. The number of phenolic OH excluding ortho intramolecular Hbond substituents is 1. The summed E-state index contributed by atoms with van der Waals surface area (Å²) in [6.07, 6.45) is 2.05. The van der Waals surface area contributed by atoms with Crippen molar-refractivity contribution in [3.05, 3.63) is 57.5 Å². The molecule has 0 unspecified atom stereocenters. The van der Waals surface area contributed by atoms with Crippen molar-refractivity contribution in [3.63, 3.8) is 0 Å². The van der Waals surface area contributed by atoms with E-state index in [2.05, 4.69) is 44.2 Å². The average molecular weight is 424 g/mol. The molecule has 0 heterocycles. The van der Waals surface area contributed by atoms with Gasteiger partial charge in [-0.3, -0.25) is 0 Å². The highest BCUT2D eigenvalue weighted by atomic mass is 79.9. The first kappa shape index (κ1) is 14.9. The van der Waals surface area contributed by atoms with Gasteiger partial charge in [0.15, 0.2) is 0 Å². The minimum Gasteiger partial charge on any atom is -0.507 e. The van der Waals surface area contributed by atoms with Gasteiger partial charge >= 0.3 is 0 Å². The summed E-state index contributed by atoms with van der Waals surface area (Å²) in [5, 5.41) is 12.2. The number of phenols is 1. The molecule has 0 saturated heterocycles. The highest BCUT2D eigenvalue weighted by Crippen LogP contribution is 2.44. The van der Waals surface area contributed by atoms with E-state index in [0.717, 1.165) is 35.7 Å². The Balaban J connectivity index is 2.36. The third-order valence-electron chi connectivity index (χ3n) is 3.42. The molecule has 0 bridgehead atoms. The maximum Gasteiger partial charge on any atom is 0.124 e. The van der Waals surface area contributed by atoms with Crippen LogP contribution in [0.5, 0.6) is 5.75 Å². The summed E-state index contributed by atoms with van der Waals surface area (Å²) in [6, 6.07) is 15.8. The number of hydrogen-bond acceptors (Lipinski definition) is 2. The molecule has 21 heavy (non-hydrogen) atoms. The summed E-state index contributed by atoms with van der Waals surface area (Å²) in [6.45, 7) is 0. The Kier molecular flexibility index (Phi) is 4.29. The minimum absolute atomic E-state index is 0.302. The zero-order valence-corrected chi connectivity index (χ0v) is 15.2. The monoisotopic (exact) mass is 422 g/mol. The van der Waals surface area contributed by atoms with E-state index < -0.39 is 0 Å². The molecule has 3 aromatic carbocycles. The Morgan fingerprint density at radius 1 is 0.905 bits per heavy atom. The molecular weight excluding hydrogens is 412 g/mol. The zero-order valence-electron chi connectivity index (χ0n) is 11.2. The molecule has 0 aromatic heterocycles. The van der Waals surface area contributed by atoms with E-state index in [1.807, 2.05) is 42.5 Å². The fourth-order valence-electron chi connectivity index (χ4n) is 2.45. The van der Waals surface area contributed by atoms with Gasteiger partial charge in [0.25, 0.3) is 0 Å². The van der Waals surface area contributed by atoms with Gasteiger partial charge in [-0.2, -0.15) is 0 Å². The maximum atomic E-state index is 10.3. The van der Waals surface area contributed by atoms with Gasteiger partial charge in [0.1, 0.15) is 5.75 Å². The molecule has 1 N–H and O–H groups in total. The van der Waals surface area contributed by atoms with E-state index in [-0.39, 0.29) is 0 Å². The third kappa shape index (κ3) is 2.60. The molecule has 0 amide bonds. The zero-order chi connectivity index (χ0) is 15.0. The van der Waals surface area contributed by atoms with Gasteiger partial charge in [0.05, 0.1) is 0 Å². The first-order valence-electron chi connectivity index (χ1n) is 6.36. The van der Waals surface area contributed by atoms with Gasteiger partial charge < -0.3 is 5.11 Å². The van der Waals surface area contributed by atoms with E-state index >= 15 is 0 Å². The van der Waals surface area contributed by atoms with Gasteiger partial charge in [0, 0.05) is 30.2 Å². The van der Waals surface area contributed by atoms with Crippen LogP contribution in [-0.2, 0) is 0 Å². The molecule has 3 rings (SSSR count). The van der Waals surface area contributed by atoms with Crippen molar-refractivity contribution in [1.29, 1.82) is 0 Å². The number of aromatic hydroxyl groups is 1. The highest BCUT2D eigenvalue weighted by Gasteiger charge is 2.15. The molecule has 0 fully saturated rings. The van der Waals surface area contributed by atoms with Crippen molar-refractivity contribution in [2.24, 2.45) is 0 Å². The largest absolute Gasteiger partial charge is 0.507 e. The van der Waals surface area contributed by atoms with Crippen LogP contribution in [0.15, 0.2) is 62.4 Å². The lowest BCUT2D eigenvalue weighted by Crippen LogP contribution is -1.87. The lowest BCUT2D eigenvalue weighted by molar-refractivity contribution is 0.482. The number of rotatable bonds is 2. The van der Waals surface area contributed by atoms with Crippen LogP contribution >= 0.6 is 43.6 Å². The first-order valence-corrected chi connectivity index (χ1v) is 9.17. The molecule has 0 aliphatic heterocycles. The molecule has 0 atom stereocenters. The second-order valence-corrected chi connectivity index (χ2v) is 7.09. The Bertz CT molecular complexity index is 830. The molecule has 1 nitrogen and oxygen atoms in total. The van der Waals surface area contributed by atoms with Crippen molar-refractivity contribution in [3.8, 4) is 16.9 Å². The van der Waals surface area contributed by atoms with Gasteiger partial charge in [-0.25, -0.2) is 0 Å². The third-order valence-corrected chi connectivity index (χ3v) is 6.04. The normalized spacial score (nSPS) is 11.0. The van der Waals surface area contributed by atoms with Crippen LogP contribution in [-0.4, -0.2) is 11.4 Å². The molecule has 4 heteroatoms. The van der Waals surface area contributed by atoms with Crippen LogP contribution in [0.3, 0.4) is 0 Å². The summed E-state index contributed by atoms with van der Waals surface area (Å²) in [4.78, 5) is 1.16. The van der Waals surface area contributed by atoms with E-state index in [4.69, 9.17) is 0 Å². The smallest absolute Gasteiger partial charge is 0.124 e. The van der Waals surface area contributed by atoms with E-state index in [0.29, 0.717) is 5.75 Å². The van der Waals surface area contributed by atoms with Crippen molar-refractivity contribution in [2.75, 3.05) is 6.26 Å². The number of fused-ring (bicyclic) bond motifs is 1. The van der Waals surface area contributed by atoms with E-state index in [1.165, 1.54) is 0 Å². The Morgan fingerprint density at radius 3 is 2.33 bits per heavy atom. The van der Waals surface area contributed by atoms with Crippen molar-refractivity contribution in [1.82, 2.24) is 0 Å².